The Balaban J connectivity index is 1.67. The smallest absolute Gasteiger partial charge is 0.233 e. The zero-order valence-electron chi connectivity index (χ0n) is 16.3. The van der Waals surface area contributed by atoms with Crippen LogP contribution in [0.25, 0.3) is 11.4 Å². The molecule has 0 aliphatic rings. The second-order valence-electron chi connectivity index (χ2n) is 6.25. The Morgan fingerprint density at radius 1 is 1.11 bits per heavy atom. The lowest BCUT2D eigenvalue weighted by atomic mass is 10.2. The highest BCUT2D eigenvalue weighted by Gasteiger charge is 2.18. The van der Waals surface area contributed by atoms with Gasteiger partial charge in [-0.25, -0.2) is 0 Å². The molecule has 3 aromatic rings. The molecule has 1 aromatic heterocycles. The van der Waals surface area contributed by atoms with Crippen molar-refractivity contribution in [1.82, 2.24) is 19.7 Å². The monoisotopic (exact) mass is 396 g/mol. The number of hydrogen-bond acceptors (Lipinski definition) is 5. The SMILES string of the molecule is CCN(Cc1ccccc1)C(=O)CSc1nnc(-c2ccccc2OC)n1C. The number of ether oxygens (including phenoxy) is 1. The minimum atomic E-state index is 0.0817. The Kier molecular flexibility index (Phi) is 6.71. The number of carbonyl (C=O) groups is 1. The molecule has 0 saturated carbocycles. The van der Waals surface area contributed by atoms with Crippen molar-refractivity contribution in [1.29, 1.82) is 0 Å². The number of carbonyl (C=O) groups excluding carboxylic acids is 1. The average molecular weight is 397 g/mol. The molecule has 146 valence electrons. The third-order valence-electron chi connectivity index (χ3n) is 4.46. The number of benzene rings is 2. The molecule has 2 aromatic carbocycles. The molecule has 0 radical (unpaired) electrons. The number of para-hydroxylation sites is 1. The van der Waals surface area contributed by atoms with Gasteiger partial charge in [0.25, 0.3) is 0 Å². The third kappa shape index (κ3) is 4.54. The minimum Gasteiger partial charge on any atom is -0.496 e. The average Bonchev–Trinajstić information content (AvgIpc) is 3.11. The second-order valence-corrected chi connectivity index (χ2v) is 7.19. The number of aromatic nitrogens is 3. The van der Waals surface area contributed by atoms with Gasteiger partial charge in [-0.3, -0.25) is 4.79 Å². The van der Waals surface area contributed by atoms with Gasteiger partial charge in [-0.2, -0.15) is 0 Å². The molecule has 0 atom stereocenters. The Hall–Kier alpha value is -2.80. The molecule has 0 spiro atoms. The Morgan fingerprint density at radius 2 is 1.82 bits per heavy atom. The molecular weight excluding hydrogens is 372 g/mol. The standard InChI is InChI=1S/C21H24N4O2S/c1-4-25(14-16-10-6-5-7-11-16)19(26)15-28-21-23-22-20(24(21)2)17-12-8-9-13-18(17)27-3/h5-13H,4,14-15H2,1-3H3. The fraction of sp³-hybridized carbons (Fsp3) is 0.286. The van der Waals surface area contributed by atoms with E-state index in [1.165, 1.54) is 11.8 Å². The fourth-order valence-electron chi connectivity index (χ4n) is 2.90. The van der Waals surface area contributed by atoms with Crippen LogP contribution in [0.15, 0.2) is 59.8 Å². The van der Waals surface area contributed by atoms with Crippen LogP contribution in [-0.4, -0.2) is 45.0 Å². The van der Waals surface area contributed by atoms with Gasteiger partial charge in [0.1, 0.15) is 5.75 Å². The first-order valence-electron chi connectivity index (χ1n) is 9.11. The lowest BCUT2D eigenvalue weighted by molar-refractivity contribution is -0.128. The summed E-state index contributed by atoms with van der Waals surface area (Å²) in [7, 11) is 3.53. The van der Waals surface area contributed by atoms with Crippen molar-refractivity contribution in [3.63, 3.8) is 0 Å². The van der Waals surface area contributed by atoms with Crippen LogP contribution in [0.5, 0.6) is 5.75 Å². The highest BCUT2D eigenvalue weighted by Crippen LogP contribution is 2.30. The third-order valence-corrected chi connectivity index (χ3v) is 5.46. The number of thioether (sulfide) groups is 1. The molecule has 0 N–H and O–H groups in total. The van der Waals surface area contributed by atoms with Crippen molar-refractivity contribution in [3.05, 3.63) is 60.2 Å². The summed E-state index contributed by atoms with van der Waals surface area (Å²) in [4.78, 5) is 14.5. The summed E-state index contributed by atoms with van der Waals surface area (Å²) in [6, 6.07) is 17.7. The van der Waals surface area contributed by atoms with Gasteiger partial charge >= 0.3 is 0 Å². The lowest BCUT2D eigenvalue weighted by Gasteiger charge is -2.20. The Labute approximate surface area is 169 Å². The number of amides is 1. The highest BCUT2D eigenvalue weighted by atomic mass is 32.2. The largest absolute Gasteiger partial charge is 0.496 e. The van der Waals surface area contributed by atoms with Crippen LogP contribution >= 0.6 is 11.8 Å². The molecule has 0 unspecified atom stereocenters. The summed E-state index contributed by atoms with van der Waals surface area (Å²) >= 11 is 1.40. The summed E-state index contributed by atoms with van der Waals surface area (Å²) in [5, 5.41) is 9.25. The number of methoxy groups -OCH3 is 1. The summed E-state index contributed by atoms with van der Waals surface area (Å²) < 4.78 is 7.31. The lowest BCUT2D eigenvalue weighted by Crippen LogP contribution is -2.31. The van der Waals surface area contributed by atoms with Gasteiger partial charge in [0.05, 0.1) is 18.4 Å². The molecule has 1 heterocycles. The molecule has 0 fully saturated rings. The van der Waals surface area contributed by atoms with Crippen LogP contribution in [0.4, 0.5) is 0 Å². The van der Waals surface area contributed by atoms with Gasteiger partial charge < -0.3 is 14.2 Å². The number of rotatable bonds is 8. The van der Waals surface area contributed by atoms with Crippen molar-refractivity contribution in [2.24, 2.45) is 7.05 Å². The first-order valence-corrected chi connectivity index (χ1v) is 10.1. The molecule has 0 aliphatic carbocycles. The van der Waals surface area contributed by atoms with Gasteiger partial charge in [0.15, 0.2) is 11.0 Å². The van der Waals surface area contributed by atoms with Crippen molar-refractivity contribution in [3.8, 4) is 17.1 Å². The summed E-state index contributed by atoms with van der Waals surface area (Å²) in [6.07, 6.45) is 0. The van der Waals surface area contributed by atoms with Gasteiger partial charge in [-0.05, 0) is 24.6 Å². The van der Waals surface area contributed by atoms with E-state index in [4.69, 9.17) is 4.74 Å². The van der Waals surface area contributed by atoms with Crippen molar-refractivity contribution >= 4 is 17.7 Å². The Bertz CT molecular complexity index is 927. The molecule has 0 bridgehead atoms. The number of hydrogen-bond donors (Lipinski definition) is 0. The fourth-order valence-corrected chi connectivity index (χ4v) is 3.72. The van der Waals surface area contributed by atoms with Crippen LogP contribution in [0.3, 0.4) is 0 Å². The van der Waals surface area contributed by atoms with E-state index in [1.807, 2.05) is 78.0 Å². The van der Waals surface area contributed by atoms with Crippen molar-refractivity contribution in [2.75, 3.05) is 19.4 Å². The summed E-state index contributed by atoms with van der Waals surface area (Å²) in [6.45, 7) is 3.27. The van der Waals surface area contributed by atoms with Crippen molar-refractivity contribution < 1.29 is 9.53 Å². The Morgan fingerprint density at radius 3 is 2.54 bits per heavy atom. The van der Waals surface area contributed by atoms with E-state index in [0.29, 0.717) is 29.8 Å². The van der Waals surface area contributed by atoms with Crippen LogP contribution < -0.4 is 4.74 Å². The second kappa shape index (κ2) is 9.41. The maximum atomic E-state index is 12.7. The van der Waals surface area contributed by atoms with E-state index in [0.717, 1.165) is 16.9 Å². The zero-order valence-corrected chi connectivity index (χ0v) is 17.1. The normalized spacial score (nSPS) is 10.7. The quantitative estimate of drug-likeness (QED) is 0.544. The van der Waals surface area contributed by atoms with E-state index in [2.05, 4.69) is 10.2 Å². The van der Waals surface area contributed by atoms with Gasteiger partial charge in [0, 0.05) is 20.1 Å². The molecular formula is C21H24N4O2S. The molecule has 0 saturated heterocycles. The molecule has 3 rings (SSSR count). The number of nitrogens with zero attached hydrogens (tertiary/aromatic N) is 4. The zero-order chi connectivity index (χ0) is 19.9. The van der Waals surface area contributed by atoms with E-state index in [-0.39, 0.29) is 5.91 Å². The first-order chi connectivity index (χ1) is 13.6. The van der Waals surface area contributed by atoms with E-state index in [9.17, 15) is 4.79 Å². The highest BCUT2D eigenvalue weighted by molar-refractivity contribution is 7.99. The van der Waals surface area contributed by atoms with Gasteiger partial charge in [-0.1, -0.05) is 54.2 Å². The first kappa shape index (κ1) is 19.9. The molecule has 7 heteroatoms. The van der Waals surface area contributed by atoms with Gasteiger partial charge in [0.2, 0.25) is 5.91 Å². The molecule has 1 amide bonds. The van der Waals surface area contributed by atoms with E-state index >= 15 is 0 Å². The predicted octanol–water partition coefficient (Wildman–Crippen LogP) is 3.63. The van der Waals surface area contributed by atoms with Crippen LogP contribution in [0.1, 0.15) is 12.5 Å². The van der Waals surface area contributed by atoms with Crippen molar-refractivity contribution in [2.45, 2.75) is 18.6 Å². The topological polar surface area (TPSA) is 60.3 Å². The molecule has 6 nitrogen and oxygen atoms in total. The minimum absolute atomic E-state index is 0.0817. The van der Waals surface area contributed by atoms with Gasteiger partial charge in [-0.15, -0.1) is 10.2 Å². The van der Waals surface area contributed by atoms with Crippen LogP contribution in [0.2, 0.25) is 0 Å². The summed E-state index contributed by atoms with van der Waals surface area (Å²) in [5.41, 5.74) is 2.00. The summed E-state index contributed by atoms with van der Waals surface area (Å²) in [5.74, 6) is 1.85. The maximum Gasteiger partial charge on any atom is 0.233 e. The predicted molar refractivity (Wildman–Crippen MR) is 111 cm³/mol. The molecule has 28 heavy (non-hydrogen) atoms. The van der Waals surface area contributed by atoms with E-state index in [1.54, 1.807) is 7.11 Å². The van der Waals surface area contributed by atoms with Crippen LogP contribution in [-0.2, 0) is 18.4 Å². The molecule has 0 aliphatic heterocycles. The van der Waals surface area contributed by atoms with E-state index < -0.39 is 0 Å². The van der Waals surface area contributed by atoms with Crippen LogP contribution in [0, 0.1) is 0 Å². The maximum absolute atomic E-state index is 12.7.